The van der Waals surface area contributed by atoms with E-state index in [2.05, 4.69) is 51.0 Å². The molecule has 0 bridgehead atoms. The second-order valence-electron chi connectivity index (χ2n) is 3.99. The summed E-state index contributed by atoms with van der Waals surface area (Å²) in [7, 11) is 0. The van der Waals surface area contributed by atoms with Crippen molar-refractivity contribution in [2.75, 3.05) is 0 Å². The van der Waals surface area contributed by atoms with Crippen LogP contribution in [0.2, 0.25) is 0 Å². The third kappa shape index (κ3) is 7.57. The van der Waals surface area contributed by atoms with Crippen molar-refractivity contribution in [2.45, 2.75) is 53.6 Å². The Labute approximate surface area is 82.1 Å². The molecule has 2 heteroatoms. The third-order valence-electron chi connectivity index (χ3n) is 1.40. The molecule has 0 rings (SSSR count). The second-order valence-corrected chi connectivity index (χ2v) is 3.99. The minimum absolute atomic E-state index is 0.378. The fourth-order valence-corrected chi connectivity index (χ4v) is 1.25. The largest absolute Gasteiger partial charge is 0.386 e. The summed E-state index contributed by atoms with van der Waals surface area (Å²) in [5.74, 6) is 0. The van der Waals surface area contributed by atoms with Gasteiger partial charge in [0.1, 0.15) is 0 Å². The number of nitrogens with one attached hydrogen (secondary N) is 1. The Morgan fingerprint density at radius 1 is 1.15 bits per heavy atom. The van der Waals surface area contributed by atoms with Gasteiger partial charge >= 0.3 is 0 Å². The lowest BCUT2D eigenvalue weighted by Gasteiger charge is -2.09. The van der Waals surface area contributed by atoms with Gasteiger partial charge in [-0.1, -0.05) is 0 Å². The van der Waals surface area contributed by atoms with Crippen LogP contribution in [-0.2, 0) is 0 Å². The molecule has 0 amide bonds. The van der Waals surface area contributed by atoms with Gasteiger partial charge < -0.3 is 5.32 Å². The molecular weight excluding hydrogens is 160 g/mol. The average Bonchev–Trinajstić information content (AvgIpc) is 1.80. The van der Waals surface area contributed by atoms with E-state index in [1.165, 1.54) is 5.70 Å². The predicted molar refractivity (Wildman–Crippen MR) is 60.3 cm³/mol. The average molecular weight is 182 g/mol. The van der Waals surface area contributed by atoms with E-state index in [-0.39, 0.29) is 0 Å². The molecule has 0 spiro atoms. The van der Waals surface area contributed by atoms with Crippen molar-refractivity contribution < 1.29 is 0 Å². The highest BCUT2D eigenvalue weighted by molar-refractivity contribution is 5.93. The molecule has 0 saturated carbocycles. The maximum atomic E-state index is 4.42. The van der Waals surface area contributed by atoms with Crippen LogP contribution >= 0.6 is 0 Å². The summed E-state index contributed by atoms with van der Waals surface area (Å²) in [6.45, 7) is 12.5. The Balaban J connectivity index is 4.21. The molecule has 2 nitrogen and oxygen atoms in total. The van der Waals surface area contributed by atoms with E-state index in [1.54, 1.807) is 0 Å². The van der Waals surface area contributed by atoms with Gasteiger partial charge in [0.15, 0.2) is 0 Å². The summed E-state index contributed by atoms with van der Waals surface area (Å²) >= 11 is 0. The van der Waals surface area contributed by atoms with Crippen molar-refractivity contribution in [1.29, 1.82) is 0 Å². The fourth-order valence-electron chi connectivity index (χ4n) is 1.25. The summed E-state index contributed by atoms with van der Waals surface area (Å²) in [6, 6.07) is 0.867. The smallest absolute Gasteiger partial charge is 0.0446 e. The predicted octanol–water partition coefficient (Wildman–Crippen LogP) is 2.76. The number of aliphatic imine (C=N–C) groups is 1. The van der Waals surface area contributed by atoms with E-state index >= 15 is 0 Å². The molecule has 0 fully saturated rings. The highest BCUT2D eigenvalue weighted by atomic mass is 14.9. The minimum Gasteiger partial charge on any atom is -0.386 e. The zero-order valence-electron chi connectivity index (χ0n) is 9.68. The van der Waals surface area contributed by atoms with Crippen LogP contribution in [0, 0.1) is 0 Å². The maximum Gasteiger partial charge on any atom is 0.0446 e. The van der Waals surface area contributed by atoms with Crippen LogP contribution in [0.5, 0.6) is 0 Å². The molecule has 0 atom stereocenters. The lowest BCUT2D eigenvalue weighted by Crippen LogP contribution is -2.20. The minimum atomic E-state index is 0.378. The van der Waals surface area contributed by atoms with Crippen molar-refractivity contribution in [2.24, 2.45) is 4.99 Å². The van der Waals surface area contributed by atoms with E-state index in [4.69, 9.17) is 0 Å². The maximum absolute atomic E-state index is 4.42. The van der Waals surface area contributed by atoms with Crippen LogP contribution in [0.25, 0.3) is 0 Å². The van der Waals surface area contributed by atoms with Gasteiger partial charge in [-0.3, -0.25) is 4.99 Å². The quantitative estimate of drug-likeness (QED) is 0.664. The zero-order valence-corrected chi connectivity index (χ0v) is 9.68. The second kappa shape index (κ2) is 5.79. The zero-order chi connectivity index (χ0) is 10.4. The summed E-state index contributed by atoms with van der Waals surface area (Å²) in [4.78, 5) is 4.42. The van der Waals surface area contributed by atoms with Crippen molar-refractivity contribution in [3.05, 3.63) is 11.8 Å². The van der Waals surface area contributed by atoms with E-state index in [9.17, 15) is 0 Å². The van der Waals surface area contributed by atoms with E-state index < -0.39 is 0 Å². The highest BCUT2D eigenvalue weighted by Crippen LogP contribution is 1.95. The Morgan fingerprint density at radius 2 is 1.69 bits per heavy atom. The Hall–Kier alpha value is -0.790. The van der Waals surface area contributed by atoms with Crippen molar-refractivity contribution in [3.8, 4) is 0 Å². The molecule has 0 unspecified atom stereocenters. The normalized spacial score (nSPS) is 14.2. The number of hydrogen-bond donors (Lipinski definition) is 1. The Bertz CT molecular complexity index is 200. The number of nitrogens with zero attached hydrogens (tertiary/aromatic N) is 1. The van der Waals surface area contributed by atoms with E-state index in [0.717, 1.165) is 5.71 Å². The molecule has 0 aliphatic rings. The van der Waals surface area contributed by atoms with Crippen LogP contribution in [0.3, 0.4) is 0 Å². The molecule has 0 aliphatic heterocycles. The van der Waals surface area contributed by atoms with Crippen LogP contribution in [-0.4, -0.2) is 17.8 Å². The third-order valence-corrected chi connectivity index (χ3v) is 1.40. The van der Waals surface area contributed by atoms with Crippen LogP contribution in [0.1, 0.15) is 41.5 Å². The first-order valence-corrected chi connectivity index (χ1v) is 4.91. The molecule has 0 aliphatic carbocycles. The fraction of sp³-hybridized carbons (Fsp3) is 0.727. The summed E-state index contributed by atoms with van der Waals surface area (Å²) in [6.07, 6.45) is 2.08. The van der Waals surface area contributed by atoms with Crippen molar-refractivity contribution in [3.63, 3.8) is 0 Å². The molecule has 0 aromatic rings. The van der Waals surface area contributed by atoms with Gasteiger partial charge in [-0.15, -0.1) is 0 Å². The van der Waals surface area contributed by atoms with Crippen LogP contribution in [0.4, 0.5) is 0 Å². The van der Waals surface area contributed by atoms with Crippen LogP contribution < -0.4 is 5.32 Å². The molecule has 0 aromatic carbocycles. The lowest BCUT2D eigenvalue weighted by atomic mass is 10.3. The number of hydrogen-bond acceptors (Lipinski definition) is 2. The van der Waals surface area contributed by atoms with Crippen LogP contribution in [0.15, 0.2) is 16.8 Å². The van der Waals surface area contributed by atoms with Gasteiger partial charge in [0.05, 0.1) is 0 Å². The molecule has 0 heterocycles. The van der Waals surface area contributed by atoms with Gasteiger partial charge in [0, 0.05) is 23.5 Å². The molecule has 0 saturated heterocycles. The van der Waals surface area contributed by atoms with Crippen molar-refractivity contribution in [1.82, 2.24) is 5.32 Å². The Morgan fingerprint density at radius 3 is 2.08 bits per heavy atom. The van der Waals surface area contributed by atoms with Gasteiger partial charge in [-0.2, -0.15) is 0 Å². The van der Waals surface area contributed by atoms with E-state index in [1.807, 2.05) is 6.92 Å². The SMILES string of the molecule is CC(/C=C(\C)NC(C)C)=NC(C)C. The number of allylic oxidation sites excluding steroid dienone is 2. The topological polar surface area (TPSA) is 24.4 Å². The molecule has 0 radical (unpaired) electrons. The summed E-state index contributed by atoms with van der Waals surface area (Å²) < 4.78 is 0. The number of rotatable bonds is 4. The first kappa shape index (κ1) is 12.2. The monoisotopic (exact) mass is 182 g/mol. The highest BCUT2D eigenvalue weighted by Gasteiger charge is 1.94. The standard InChI is InChI=1S/C11H22N2/c1-8(2)12-10(5)7-11(6)13-9(3)4/h7-9,12H,1-6H3/b10-7+,13-11?. The molecule has 0 aromatic heterocycles. The molecule has 1 N–H and O–H groups in total. The Kier molecular flexibility index (Phi) is 5.44. The molecule has 76 valence electrons. The molecular formula is C11H22N2. The lowest BCUT2D eigenvalue weighted by molar-refractivity contribution is 0.670. The van der Waals surface area contributed by atoms with Gasteiger partial charge in [-0.25, -0.2) is 0 Å². The molecule has 13 heavy (non-hydrogen) atoms. The summed E-state index contributed by atoms with van der Waals surface area (Å²) in [5, 5.41) is 3.33. The van der Waals surface area contributed by atoms with Gasteiger partial charge in [-0.05, 0) is 47.6 Å². The van der Waals surface area contributed by atoms with Gasteiger partial charge in [0.25, 0.3) is 0 Å². The van der Waals surface area contributed by atoms with Gasteiger partial charge in [0.2, 0.25) is 0 Å². The summed E-state index contributed by atoms with van der Waals surface area (Å²) in [5.41, 5.74) is 2.26. The van der Waals surface area contributed by atoms with Crippen molar-refractivity contribution >= 4 is 5.71 Å². The van der Waals surface area contributed by atoms with E-state index in [0.29, 0.717) is 12.1 Å². The first-order valence-electron chi connectivity index (χ1n) is 4.91. The first-order chi connectivity index (χ1) is 5.91.